The SMILES string of the molecule is FCCCNCC1COCCO1. The summed E-state index contributed by atoms with van der Waals surface area (Å²) in [6.07, 6.45) is 0.728. The predicted molar refractivity (Wildman–Crippen MR) is 44.0 cm³/mol. The third kappa shape index (κ3) is 3.99. The summed E-state index contributed by atoms with van der Waals surface area (Å²) in [4.78, 5) is 0. The van der Waals surface area contributed by atoms with Crippen LogP contribution >= 0.6 is 0 Å². The van der Waals surface area contributed by atoms with Gasteiger partial charge in [0, 0.05) is 6.54 Å². The monoisotopic (exact) mass is 177 g/mol. The fraction of sp³-hybridized carbons (Fsp3) is 1.00. The van der Waals surface area contributed by atoms with Gasteiger partial charge < -0.3 is 14.8 Å². The first-order chi connectivity index (χ1) is 5.93. The third-order valence-electron chi connectivity index (χ3n) is 1.74. The van der Waals surface area contributed by atoms with E-state index in [0.717, 1.165) is 13.1 Å². The van der Waals surface area contributed by atoms with Gasteiger partial charge in [0.05, 0.1) is 32.6 Å². The van der Waals surface area contributed by atoms with Gasteiger partial charge in [0.2, 0.25) is 0 Å². The Morgan fingerprint density at radius 1 is 1.42 bits per heavy atom. The van der Waals surface area contributed by atoms with Crippen molar-refractivity contribution in [3.8, 4) is 0 Å². The molecule has 1 rings (SSSR count). The predicted octanol–water partition coefficient (Wildman–Crippen LogP) is 0.351. The summed E-state index contributed by atoms with van der Waals surface area (Å²) >= 11 is 0. The van der Waals surface area contributed by atoms with Crippen LogP contribution in [0.4, 0.5) is 4.39 Å². The van der Waals surface area contributed by atoms with Crippen LogP contribution in [0.25, 0.3) is 0 Å². The molecule has 0 spiro atoms. The Bertz CT molecular complexity index is 107. The zero-order valence-corrected chi connectivity index (χ0v) is 7.22. The van der Waals surface area contributed by atoms with Crippen molar-refractivity contribution in [2.75, 3.05) is 39.6 Å². The fourth-order valence-electron chi connectivity index (χ4n) is 1.11. The minimum absolute atomic E-state index is 0.151. The van der Waals surface area contributed by atoms with Gasteiger partial charge >= 0.3 is 0 Å². The molecular weight excluding hydrogens is 161 g/mol. The van der Waals surface area contributed by atoms with Gasteiger partial charge in [0.1, 0.15) is 0 Å². The Kier molecular flexibility index (Phi) is 5.23. The minimum Gasteiger partial charge on any atom is -0.376 e. The van der Waals surface area contributed by atoms with E-state index in [-0.39, 0.29) is 12.8 Å². The summed E-state index contributed by atoms with van der Waals surface area (Å²) < 4.78 is 22.2. The Labute approximate surface area is 72.2 Å². The number of rotatable bonds is 5. The standard InChI is InChI=1S/C8H16FNO2/c9-2-1-3-10-6-8-7-11-4-5-12-8/h8,10H,1-7H2. The summed E-state index contributed by atoms with van der Waals surface area (Å²) in [7, 11) is 0. The van der Waals surface area contributed by atoms with Crippen LogP contribution in [0, 0.1) is 0 Å². The average molecular weight is 177 g/mol. The third-order valence-corrected chi connectivity index (χ3v) is 1.74. The molecule has 1 saturated heterocycles. The smallest absolute Gasteiger partial charge is 0.0933 e. The Hall–Kier alpha value is -0.190. The molecule has 1 atom stereocenters. The topological polar surface area (TPSA) is 30.5 Å². The minimum atomic E-state index is -0.255. The molecule has 4 heteroatoms. The van der Waals surface area contributed by atoms with E-state index in [4.69, 9.17) is 9.47 Å². The molecule has 0 radical (unpaired) electrons. The summed E-state index contributed by atoms with van der Waals surface area (Å²) in [5.74, 6) is 0. The van der Waals surface area contributed by atoms with Crippen LogP contribution in [-0.2, 0) is 9.47 Å². The van der Waals surface area contributed by atoms with E-state index >= 15 is 0 Å². The average Bonchev–Trinajstić information content (AvgIpc) is 2.14. The van der Waals surface area contributed by atoms with Crippen LogP contribution in [0.3, 0.4) is 0 Å². The molecule has 0 aromatic carbocycles. The molecule has 12 heavy (non-hydrogen) atoms. The van der Waals surface area contributed by atoms with Gasteiger partial charge in [-0.1, -0.05) is 0 Å². The molecule has 3 nitrogen and oxygen atoms in total. The van der Waals surface area contributed by atoms with Gasteiger partial charge in [0.25, 0.3) is 0 Å². The van der Waals surface area contributed by atoms with Crippen molar-refractivity contribution in [2.24, 2.45) is 0 Å². The molecule has 1 heterocycles. The first-order valence-electron chi connectivity index (χ1n) is 4.39. The fourth-order valence-corrected chi connectivity index (χ4v) is 1.11. The quantitative estimate of drug-likeness (QED) is 0.615. The maximum absolute atomic E-state index is 11.7. The molecule has 1 N–H and O–H groups in total. The van der Waals surface area contributed by atoms with E-state index < -0.39 is 0 Å². The van der Waals surface area contributed by atoms with E-state index in [2.05, 4.69) is 5.32 Å². The van der Waals surface area contributed by atoms with Crippen molar-refractivity contribution < 1.29 is 13.9 Å². The molecule has 72 valence electrons. The molecule has 1 aliphatic rings. The second-order valence-corrected chi connectivity index (χ2v) is 2.81. The molecule has 0 aliphatic carbocycles. The largest absolute Gasteiger partial charge is 0.376 e. The molecule has 0 saturated carbocycles. The maximum atomic E-state index is 11.7. The first kappa shape index (κ1) is 9.89. The summed E-state index contributed by atoms with van der Waals surface area (Å²) in [6.45, 7) is 3.25. The van der Waals surface area contributed by atoms with Gasteiger partial charge in [0.15, 0.2) is 0 Å². The second kappa shape index (κ2) is 6.34. The Morgan fingerprint density at radius 2 is 2.33 bits per heavy atom. The molecule has 0 aromatic rings. The van der Waals surface area contributed by atoms with Crippen LogP contribution < -0.4 is 5.32 Å². The summed E-state index contributed by atoms with van der Waals surface area (Å²) in [5.41, 5.74) is 0. The van der Waals surface area contributed by atoms with E-state index in [9.17, 15) is 4.39 Å². The zero-order valence-electron chi connectivity index (χ0n) is 7.22. The lowest BCUT2D eigenvalue weighted by Crippen LogP contribution is -2.37. The number of halogens is 1. The van der Waals surface area contributed by atoms with E-state index in [1.165, 1.54) is 0 Å². The van der Waals surface area contributed by atoms with Gasteiger partial charge in [-0.2, -0.15) is 0 Å². The van der Waals surface area contributed by atoms with Crippen molar-refractivity contribution in [2.45, 2.75) is 12.5 Å². The van der Waals surface area contributed by atoms with Crippen LogP contribution in [-0.4, -0.2) is 45.7 Å². The normalized spacial score (nSPS) is 24.2. The summed E-state index contributed by atoms with van der Waals surface area (Å²) in [5, 5.41) is 3.11. The Morgan fingerprint density at radius 3 is 3.00 bits per heavy atom. The van der Waals surface area contributed by atoms with Gasteiger partial charge in [-0.3, -0.25) is 4.39 Å². The highest BCUT2D eigenvalue weighted by molar-refractivity contribution is 4.63. The number of hydrogen-bond acceptors (Lipinski definition) is 3. The highest BCUT2D eigenvalue weighted by atomic mass is 19.1. The molecule has 1 aliphatic heterocycles. The number of alkyl halides is 1. The van der Waals surface area contributed by atoms with E-state index in [1.807, 2.05) is 0 Å². The molecule has 0 bridgehead atoms. The molecular formula is C8H16FNO2. The highest BCUT2D eigenvalue weighted by Gasteiger charge is 2.12. The molecule has 1 fully saturated rings. The van der Waals surface area contributed by atoms with Crippen molar-refractivity contribution in [1.82, 2.24) is 5.32 Å². The molecule has 0 amide bonds. The second-order valence-electron chi connectivity index (χ2n) is 2.81. The van der Waals surface area contributed by atoms with Crippen molar-refractivity contribution in [3.63, 3.8) is 0 Å². The molecule has 1 unspecified atom stereocenters. The first-order valence-corrected chi connectivity index (χ1v) is 4.39. The number of hydrogen-bond donors (Lipinski definition) is 1. The lowest BCUT2D eigenvalue weighted by Gasteiger charge is -2.22. The van der Waals surface area contributed by atoms with E-state index in [0.29, 0.717) is 26.2 Å². The zero-order chi connectivity index (χ0) is 8.65. The summed E-state index contributed by atoms with van der Waals surface area (Å²) in [6, 6.07) is 0. The lowest BCUT2D eigenvalue weighted by molar-refractivity contribution is -0.0863. The lowest BCUT2D eigenvalue weighted by atomic mass is 10.3. The van der Waals surface area contributed by atoms with Gasteiger partial charge in [-0.15, -0.1) is 0 Å². The van der Waals surface area contributed by atoms with Crippen LogP contribution in [0.1, 0.15) is 6.42 Å². The Balaban J connectivity index is 1.91. The van der Waals surface area contributed by atoms with Crippen molar-refractivity contribution in [3.05, 3.63) is 0 Å². The number of nitrogens with one attached hydrogen (secondary N) is 1. The van der Waals surface area contributed by atoms with Crippen LogP contribution in [0.5, 0.6) is 0 Å². The highest BCUT2D eigenvalue weighted by Crippen LogP contribution is 1.98. The maximum Gasteiger partial charge on any atom is 0.0933 e. The van der Waals surface area contributed by atoms with Crippen molar-refractivity contribution >= 4 is 0 Å². The van der Waals surface area contributed by atoms with Crippen molar-refractivity contribution in [1.29, 1.82) is 0 Å². The van der Waals surface area contributed by atoms with Gasteiger partial charge in [-0.25, -0.2) is 0 Å². The molecule has 0 aromatic heterocycles. The number of ether oxygens (including phenoxy) is 2. The van der Waals surface area contributed by atoms with Gasteiger partial charge in [-0.05, 0) is 13.0 Å². The van der Waals surface area contributed by atoms with Crippen LogP contribution in [0.2, 0.25) is 0 Å². The van der Waals surface area contributed by atoms with E-state index in [1.54, 1.807) is 0 Å². The van der Waals surface area contributed by atoms with Crippen LogP contribution in [0.15, 0.2) is 0 Å².